The average molecular weight is 295 g/mol. The van der Waals surface area contributed by atoms with Crippen molar-refractivity contribution in [2.45, 2.75) is 13.5 Å². The minimum absolute atomic E-state index is 0.0873. The molecule has 0 unspecified atom stereocenters. The first-order valence-electron chi connectivity index (χ1n) is 5.88. The smallest absolute Gasteiger partial charge is 0.335 e. The number of hydrogen-bond donors (Lipinski definition) is 1. The molecule has 2 aromatic rings. The first-order chi connectivity index (χ1) is 9.47. The zero-order valence-electron chi connectivity index (χ0n) is 10.7. The molecule has 0 saturated carbocycles. The van der Waals surface area contributed by atoms with E-state index < -0.39 is 5.97 Å². The molecular formula is C15H12ClFO3. The number of ether oxygens (including phenoxy) is 1. The third kappa shape index (κ3) is 3.27. The van der Waals surface area contributed by atoms with Crippen molar-refractivity contribution in [1.29, 1.82) is 0 Å². The lowest BCUT2D eigenvalue weighted by Crippen LogP contribution is -2.01. The summed E-state index contributed by atoms with van der Waals surface area (Å²) in [5.74, 6) is -1.03. The van der Waals surface area contributed by atoms with E-state index in [0.717, 1.165) is 5.56 Å². The Hall–Kier alpha value is -2.07. The van der Waals surface area contributed by atoms with E-state index in [1.54, 1.807) is 6.07 Å². The molecule has 0 radical (unpaired) electrons. The van der Waals surface area contributed by atoms with E-state index in [4.69, 9.17) is 21.4 Å². The van der Waals surface area contributed by atoms with Crippen molar-refractivity contribution in [2.24, 2.45) is 0 Å². The quantitative estimate of drug-likeness (QED) is 0.925. The summed E-state index contributed by atoms with van der Waals surface area (Å²) in [7, 11) is 0. The third-order valence-electron chi connectivity index (χ3n) is 2.87. The van der Waals surface area contributed by atoms with E-state index in [1.165, 1.54) is 30.3 Å². The maximum Gasteiger partial charge on any atom is 0.335 e. The molecule has 0 spiro atoms. The van der Waals surface area contributed by atoms with Gasteiger partial charge in [0.2, 0.25) is 0 Å². The van der Waals surface area contributed by atoms with Gasteiger partial charge in [-0.3, -0.25) is 0 Å². The van der Waals surface area contributed by atoms with Crippen molar-refractivity contribution < 1.29 is 19.0 Å². The van der Waals surface area contributed by atoms with Crippen molar-refractivity contribution in [3.63, 3.8) is 0 Å². The van der Waals surface area contributed by atoms with Crippen LogP contribution in [-0.2, 0) is 6.61 Å². The zero-order valence-corrected chi connectivity index (χ0v) is 11.4. The fourth-order valence-corrected chi connectivity index (χ4v) is 1.94. The Bertz CT molecular complexity index is 656. The Balaban J connectivity index is 2.15. The highest BCUT2D eigenvalue weighted by molar-refractivity contribution is 6.32. The predicted octanol–water partition coefficient (Wildman–Crippen LogP) is 4.06. The van der Waals surface area contributed by atoms with Crippen molar-refractivity contribution >= 4 is 17.6 Å². The van der Waals surface area contributed by atoms with Crippen LogP contribution < -0.4 is 4.74 Å². The first-order valence-corrected chi connectivity index (χ1v) is 6.26. The van der Waals surface area contributed by atoms with E-state index in [0.29, 0.717) is 11.3 Å². The van der Waals surface area contributed by atoms with Crippen LogP contribution in [0.5, 0.6) is 5.75 Å². The SMILES string of the molecule is Cc1ccc(F)cc1COc1ccc(C(=O)O)cc1Cl. The van der Waals surface area contributed by atoms with E-state index in [1.807, 2.05) is 6.92 Å². The maximum atomic E-state index is 13.1. The van der Waals surface area contributed by atoms with Gasteiger partial charge in [-0.05, 0) is 48.4 Å². The summed E-state index contributed by atoms with van der Waals surface area (Å²) in [5.41, 5.74) is 1.71. The minimum Gasteiger partial charge on any atom is -0.487 e. The molecule has 0 heterocycles. The molecule has 0 aromatic heterocycles. The van der Waals surface area contributed by atoms with Crippen LogP contribution in [0.15, 0.2) is 36.4 Å². The minimum atomic E-state index is -1.06. The van der Waals surface area contributed by atoms with Gasteiger partial charge in [0, 0.05) is 0 Å². The highest BCUT2D eigenvalue weighted by Crippen LogP contribution is 2.26. The van der Waals surface area contributed by atoms with Crippen molar-refractivity contribution in [1.82, 2.24) is 0 Å². The van der Waals surface area contributed by atoms with Gasteiger partial charge in [-0.15, -0.1) is 0 Å². The first kappa shape index (κ1) is 14.3. The highest BCUT2D eigenvalue weighted by atomic mass is 35.5. The molecule has 104 valence electrons. The molecular weight excluding hydrogens is 283 g/mol. The summed E-state index contributed by atoms with van der Waals surface area (Å²) >= 11 is 5.95. The fourth-order valence-electron chi connectivity index (χ4n) is 1.70. The average Bonchev–Trinajstić information content (AvgIpc) is 2.40. The standard InChI is InChI=1S/C15H12ClFO3/c1-9-2-4-12(17)6-11(9)8-20-14-5-3-10(15(18)19)7-13(14)16/h2-7H,8H2,1H3,(H,18,19). The molecule has 5 heteroatoms. The van der Waals surface area contributed by atoms with Gasteiger partial charge in [-0.1, -0.05) is 17.7 Å². The monoisotopic (exact) mass is 294 g/mol. The second kappa shape index (κ2) is 5.92. The van der Waals surface area contributed by atoms with E-state index in [-0.39, 0.29) is 23.0 Å². The number of aryl methyl sites for hydroxylation is 1. The number of benzene rings is 2. The van der Waals surface area contributed by atoms with Crippen LogP contribution in [0.2, 0.25) is 5.02 Å². The Morgan fingerprint density at radius 1 is 1.30 bits per heavy atom. The summed E-state index contributed by atoms with van der Waals surface area (Å²) in [4.78, 5) is 10.8. The molecule has 0 aliphatic carbocycles. The van der Waals surface area contributed by atoms with Gasteiger partial charge in [0.05, 0.1) is 10.6 Å². The Kier molecular flexibility index (Phi) is 4.25. The van der Waals surface area contributed by atoms with Gasteiger partial charge in [0.15, 0.2) is 0 Å². The van der Waals surface area contributed by atoms with Crippen molar-refractivity contribution in [2.75, 3.05) is 0 Å². The largest absolute Gasteiger partial charge is 0.487 e. The summed E-state index contributed by atoms with van der Waals surface area (Å²) in [6.07, 6.45) is 0. The Morgan fingerprint density at radius 3 is 2.70 bits per heavy atom. The molecule has 0 aliphatic heterocycles. The summed E-state index contributed by atoms with van der Waals surface area (Å²) in [6.45, 7) is 2.02. The summed E-state index contributed by atoms with van der Waals surface area (Å²) < 4.78 is 18.6. The lowest BCUT2D eigenvalue weighted by molar-refractivity contribution is 0.0697. The number of rotatable bonds is 4. The fraction of sp³-hybridized carbons (Fsp3) is 0.133. The van der Waals surface area contributed by atoms with Crippen LogP contribution in [0.3, 0.4) is 0 Å². The van der Waals surface area contributed by atoms with E-state index in [9.17, 15) is 9.18 Å². The molecule has 0 bridgehead atoms. The van der Waals surface area contributed by atoms with Gasteiger partial charge in [-0.2, -0.15) is 0 Å². The number of aromatic carboxylic acids is 1. The molecule has 0 fully saturated rings. The molecule has 3 nitrogen and oxygen atoms in total. The van der Waals surface area contributed by atoms with E-state index in [2.05, 4.69) is 0 Å². The van der Waals surface area contributed by atoms with Crippen LogP contribution >= 0.6 is 11.6 Å². The molecule has 0 atom stereocenters. The number of hydrogen-bond acceptors (Lipinski definition) is 2. The van der Waals surface area contributed by atoms with E-state index >= 15 is 0 Å². The van der Waals surface area contributed by atoms with Gasteiger partial charge >= 0.3 is 5.97 Å². The number of halogens is 2. The molecule has 0 saturated heterocycles. The maximum absolute atomic E-state index is 13.1. The molecule has 1 N–H and O–H groups in total. The predicted molar refractivity (Wildman–Crippen MR) is 73.9 cm³/mol. The Morgan fingerprint density at radius 2 is 2.05 bits per heavy atom. The van der Waals surface area contributed by atoms with Gasteiger partial charge < -0.3 is 9.84 Å². The summed E-state index contributed by atoms with van der Waals surface area (Å²) in [5, 5.41) is 9.04. The van der Waals surface area contributed by atoms with Crippen molar-refractivity contribution in [3.05, 3.63) is 63.9 Å². The number of carboxylic acids is 1. The van der Waals surface area contributed by atoms with Crippen LogP contribution in [0, 0.1) is 12.7 Å². The number of carbonyl (C=O) groups is 1. The second-order valence-electron chi connectivity index (χ2n) is 4.31. The molecule has 20 heavy (non-hydrogen) atoms. The number of carboxylic acid groups (broad SMARTS) is 1. The van der Waals surface area contributed by atoms with Crippen molar-refractivity contribution in [3.8, 4) is 5.75 Å². The van der Waals surface area contributed by atoms with Crippen LogP contribution in [0.25, 0.3) is 0 Å². The normalized spacial score (nSPS) is 10.3. The third-order valence-corrected chi connectivity index (χ3v) is 3.17. The molecule has 0 aliphatic rings. The second-order valence-corrected chi connectivity index (χ2v) is 4.72. The van der Waals surface area contributed by atoms with Gasteiger partial charge in [-0.25, -0.2) is 9.18 Å². The van der Waals surface area contributed by atoms with Gasteiger partial charge in [0.25, 0.3) is 0 Å². The molecule has 0 amide bonds. The highest BCUT2D eigenvalue weighted by Gasteiger charge is 2.09. The molecule has 2 aromatic carbocycles. The Labute approximate surface area is 120 Å². The topological polar surface area (TPSA) is 46.5 Å². The zero-order chi connectivity index (χ0) is 14.7. The van der Waals surface area contributed by atoms with Crippen LogP contribution in [-0.4, -0.2) is 11.1 Å². The summed E-state index contributed by atoms with van der Waals surface area (Å²) in [6, 6.07) is 8.66. The van der Waals surface area contributed by atoms with Gasteiger partial charge in [0.1, 0.15) is 18.2 Å². The molecule has 2 rings (SSSR count). The lowest BCUT2D eigenvalue weighted by atomic mass is 10.1. The lowest BCUT2D eigenvalue weighted by Gasteiger charge is -2.10. The van der Waals surface area contributed by atoms with Crippen LogP contribution in [0.4, 0.5) is 4.39 Å². The van der Waals surface area contributed by atoms with Crippen LogP contribution in [0.1, 0.15) is 21.5 Å².